The van der Waals surface area contributed by atoms with Crippen LogP contribution in [0.5, 0.6) is 0 Å². The van der Waals surface area contributed by atoms with Gasteiger partial charge in [-0.1, -0.05) is 15.9 Å². The van der Waals surface area contributed by atoms with Crippen LogP contribution in [0.15, 0.2) is 33.3 Å². The van der Waals surface area contributed by atoms with E-state index >= 15 is 0 Å². The van der Waals surface area contributed by atoms with Crippen molar-refractivity contribution in [3.63, 3.8) is 0 Å². The van der Waals surface area contributed by atoms with Crippen LogP contribution in [0.2, 0.25) is 0 Å². The largest absolute Gasteiger partial charge is 0.478 e. The van der Waals surface area contributed by atoms with E-state index in [1.807, 2.05) is 0 Å². The fourth-order valence-corrected chi connectivity index (χ4v) is 2.94. The molecule has 0 atom stereocenters. The van der Waals surface area contributed by atoms with Crippen LogP contribution in [0.3, 0.4) is 0 Å². The van der Waals surface area contributed by atoms with Crippen molar-refractivity contribution >= 4 is 55.4 Å². The Labute approximate surface area is 136 Å². The Kier molecular flexibility index (Phi) is 4.63. The molecule has 3 N–H and O–H groups in total. The number of aryl methyl sites for hydroxylation is 1. The minimum Gasteiger partial charge on any atom is -0.478 e. The first kappa shape index (κ1) is 15.5. The fourth-order valence-electron chi connectivity index (χ4n) is 1.61. The van der Waals surface area contributed by atoms with Gasteiger partial charge in [0.2, 0.25) is 0 Å². The Balaban J connectivity index is 2.22. The highest BCUT2D eigenvalue weighted by molar-refractivity contribution is 9.11. The second kappa shape index (κ2) is 6.27. The maximum atomic E-state index is 11.9. The Morgan fingerprint density at radius 3 is 2.57 bits per heavy atom. The van der Waals surface area contributed by atoms with Crippen LogP contribution in [0.1, 0.15) is 10.4 Å². The van der Waals surface area contributed by atoms with Crippen molar-refractivity contribution in [2.24, 2.45) is 7.05 Å². The monoisotopic (exact) mass is 416 g/mol. The minimum absolute atomic E-state index is 0.0348. The second-order valence-corrected chi connectivity index (χ2v) is 5.84. The number of halogens is 2. The van der Waals surface area contributed by atoms with Crippen LogP contribution in [-0.2, 0) is 7.05 Å². The first-order valence-corrected chi connectivity index (χ1v) is 7.25. The summed E-state index contributed by atoms with van der Waals surface area (Å²) in [6.07, 6.45) is 1.67. The number of amides is 2. The number of nitrogens with one attached hydrogen (secondary N) is 2. The predicted molar refractivity (Wildman–Crippen MR) is 84.7 cm³/mol. The third kappa shape index (κ3) is 3.82. The molecule has 0 aliphatic heterocycles. The van der Waals surface area contributed by atoms with Crippen LogP contribution in [0, 0.1) is 0 Å². The summed E-state index contributed by atoms with van der Waals surface area (Å²) < 4.78 is 2.57. The Bertz CT molecular complexity index is 715. The zero-order valence-electron chi connectivity index (χ0n) is 10.7. The van der Waals surface area contributed by atoms with Crippen LogP contribution < -0.4 is 10.6 Å². The van der Waals surface area contributed by atoms with Crippen molar-refractivity contribution in [2.45, 2.75) is 0 Å². The summed E-state index contributed by atoms with van der Waals surface area (Å²) in [7, 11) is 1.72. The predicted octanol–water partition coefficient (Wildman–Crippen LogP) is 3.29. The van der Waals surface area contributed by atoms with E-state index in [-0.39, 0.29) is 11.3 Å². The molecule has 110 valence electrons. The number of carbonyl (C=O) groups is 2. The summed E-state index contributed by atoms with van der Waals surface area (Å²) in [4.78, 5) is 23.1. The zero-order valence-corrected chi connectivity index (χ0v) is 13.9. The van der Waals surface area contributed by atoms with Crippen LogP contribution in [-0.4, -0.2) is 26.9 Å². The molecule has 0 radical (unpaired) electrons. The molecule has 1 heterocycles. The molecular formula is C12H10Br2N4O3. The van der Waals surface area contributed by atoms with Crippen LogP contribution >= 0.6 is 31.9 Å². The second-order valence-electron chi connectivity index (χ2n) is 4.07. The van der Waals surface area contributed by atoms with Gasteiger partial charge in [-0.3, -0.25) is 10.00 Å². The van der Waals surface area contributed by atoms with Gasteiger partial charge < -0.3 is 10.4 Å². The lowest BCUT2D eigenvalue weighted by Crippen LogP contribution is -2.21. The van der Waals surface area contributed by atoms with Gasteiger partial charge >= 0.3 is 12.0 Å². The fraction of sp³-hybridized carbons (Fsp3) is 0.0833. The molecular weight excluding hydrogens is 408 g/mol. The van der Waals surface area contributed by atoms with Crippen molar-refractivity contribution in [3.8, 4) is 0 Å². The Morgan fingerprint density at radius 2 is 2.00 bits per heavy atom. The third-order valence-corrected chi connectivity index (χ3v) is 3.56. The lowest BCUT2D eigenvalue weighted by molar-refractivity contribution is 0.0698. The number of hydrogen-bond acceptors (Lipinski definition) is 3. The highest BCUT2D eigenvalue weighted by Crippen LogP contribution is 2.31. The molecule has 0 fully saturated rings. The lowest BCUT2D eigenvalue weighted by atomic mass is 10.2. The van der Waals surface area contributed by atoms with Gasteiger partial charge in [-0.2, -0.15) is 5.10 Å². The van der Waals surface area contributed by atoms with Gasteiger partial charge in [0.15, 0.2) is 5.82 Å². The van der Waals surface area contributed by atoms with Crippen LogP contribution in [0.4, 0.5) is 16.3 Å². The van der Waals surface area contributed by atoms with Gasteiger partial charge in [0, 0.05) is 28.3 Å². The molecule has 7 nitrogen and oxygen atoms in total. The lowest BCUT2D eigenvalue weighted by Gasteiger charge is -2.11. The standard InChI is InChI=1S/C12H10Br2N4O3/c1-18-3-2-9(17-18)15-12(21)16-10-7(11(19)20)4-6(13)5-8(10)14/h2-5H,1H3,(H,19,20)(H2,15,16,17,21). The SMILES string of the molecule is Cn1ccc(NC(=O)Nc2c(Br)cc(Br)cc2C(=O)O)n1. The van der Waals surface area contributed by atoms with Crippen molar-refractivity contribution in [1.82, 2.24) is 9.78 Å². The molecule has 0 bridgehead atoms. The number of anilines is 2. The molecule has 9 heteroatoms. The molecule has 2 aromatic rings. The van der Waals surface area contributed by atoms with E-state index in [0.29, 0.717) is 14.8 Å². The molecule has 0 aliphatic rings. The summed E-state index contributed by atoms with van der Waals surface area (Å²) in [6.45, 7) is 0. The Morgan fingerprint density at radius 1 is 1.29 bits per heavy atom. The molecule has 0 unspecified atom stereocenters. The number of carboxylic acid groups (broad SMARTS) is 1. The number of rotatable bonds is 3. The molecule has 0 saturated carbocycles. The molecule has 0 spiro atoms. The third-order valence-electron chi connectivity index (χ3n) is 2.48. The number of nitrogens with zero attached hydrogens (tertiary/aromatic N) is 2. The van der Waals surface area contributed by atoms with Crippen molar-refractivity contribution < 1.29 is 14.7 Å². The summed E-state index contributed by atoms with van der Waals surface area (Å²) >= 11 is 6.43. The van der Waals surface area contributed by atoms with Gasteiger partial charge in [0.1, 0.15) is 0 Å². The summed E-state index contributed by atoms with van der Waals surface area (Å²) in [6, 6.07) is 4.08. The molecule has 2 rings (SSSR count). The average Bonchev–Trinajstić information content (AvgIpc) is 2.77. The van der Waals surface area contributed by atoms with Gasteiger partial charge in [0.05, 0.1) is 11.3 Å². The number of carboxylic acids is 1. The van der Waals surface area contributed by atoms with E-state index in [1.54, 1.807) is 25.4 Å². The maximum absolute atomic E-state index is 11.9. The number of urea groups is 1. The summed E-state index contributed by atoms with van der Waals surface area (Å²) in [5, 5.41) is 18.2. The summed E-state index contributed by atoms with van der Waals surface area (Å²) in [5.74, 6) is -0.787. The number of carbonyl (C=O) groups excluding carboxylic acids is 1. The van der Waals surface area contributed by atoms with Crippen molar-refractivity contribution in [2.75, 3.05) is 10.6 Å². The quantitative estimate of drug-likeness (QED) is 0.713. The van der Waals surface area contributed by atoms with Gasteiger partial charge in [-0.25, -0.2) is 9.59 Å². The maximum Gasteiger partial charge on any atom is 0.337 e. The van der Waals surface area contributed by atoms with E-state index in [0.717, 1.165) is 0 Å². The van der Waals surface area contributed by atoms with E-state index in [9.17, 15) is 14.7 Å². The highest BCUT2D eigenvalue weighted by Gasteiger charge is 2.17. The molecule has 1 aromatic carbocycles. The van der Waals surface area contributed by atoms with Crippen molar-refractivity contribution in [1.29, 1.82) is 0 Å². The number of hydrogen-bond donors (Lipinski definition) is 3. The first-order chi connectivity index (χ1) is 9.86. The number of aromatic nitrogens is 2. The molecule has 0 aliphatic carbocycles. The number of benzene rings is 1. The van der Waals surface area contributed by atoms with E-state index in [4.69, 9.17) is 0 Å². The smallest absolute Gasteiger partial charge is 0.337 e. The normalized spacial score (nSPS) is 10.2. The first-order valence-electron chi connectivity index (χ1n) is 5.67. The number of aromatic carboxylic acids is 1. The van der Waals surface area contributed by atoms with Crippen molar-refractivity contribution in [3.05, 3.63) is 38.9 Å². The van der Waals surface area contributed by atoms with E-state index in [2.05, 4.69) is 47.6 Å². The topological polar surface area (TPSA) is 96.2 Å². The molecule has 1 aromatic heterocycles. The average molecular weight is 418 g/mol. The molecule has 0 saturated heterocycles. The molecule has 2 amide bonds. The van der Waals surface area contributed by atoms with Gasteiger partial charge in [0.25, 0.3) is 0 Å². The Hall–Kier alpha value is -1.87. The van der Waals surface area contributed by atoms with Crippen LogP contribution in [0.25, 0.3) is 0 Å². The van der Waals surface area contributed by atoms with E-state index in [1.165, 1.54) is 10.7 Å². The van der Waals surface area contributed by atoms with E-state index < -0.39 is 12.0 Å². The van der Waals surface area contributed by atoms with Gasteiger partial charge in [-0.15, -0.1) is 0 Å². The van der Waals surface area contributed by atoms with Gasteiger partial charge in [-0.05, 0) is 28.1 Å². The molecule has 21 heavy (non-hydrogen) atoms. The highest BCUT2D eigenvalue weighted by atomic mass is 79.9. The minimum atomic E-state index is -1.15. The zero-order chi connectivity index (χ0) is 15.6. The summed E-state index contributed by atoms with van der Waals surface area (Å²) in [5.41, 5.74) is 0.131.